The summed E-state index contributed by atoms with van der Waals surface area (Å²) < 4.78 is 0. The van der Waals surface area contributed by atoms with E-state index in [9.17, 15) is 0 Å². The lowest BCUT2D eigenvalue weighted by atomic mass is 9.88. The van der Waals surface area contributed by atoms with Crippen molar-refractivity contribution in [2.45, 2.75) is 34.1 Å². The number of hydrogen-bond acceptors (Lipinski definition) is 0. The van der Waals surface area contributed by atoms with Crippen molar-refractivity contribution in [2.75, 3.05) is 0 Å². The molecule has 0 heteroatoms. The summed E-state index contributed by atoms with van der Waals surface area (Å²) in [5, 5.41) is 0. The summed E-state index contributed by atoms with van der Waals surface area (Å²) in [4.78, 5) is 0. The molecule has 0 saturated heterocycles. The third-order valence-electron chi connectivity index (χ3n) is 1.77. The first-order valence-corrected chi connectivity index (χ1v) is 3.67. The normalized spacial score (nSPS) is 25.8. The Bertz CT molecular complexity index is 135. The molecule has 0 N–H and O–H groups in total. The maximum absolute atomic E-state index is 2.35. The van der Waals surface area contributed by atoms with Crippen molar-refractivity contribution in [3.63, 3.8) is 0 Å². The van der Waals surface area contributed by atoms with Gasteiger partial charge in [0.2, 0.25) is 0 Å². The topological polar surface area (TPSA) is 0 Å². The van der Waals surface area contributed by atoms with Gasteiger partial charge in [0.25, 0.3) is 0 Å². The van der Waals surface area contributed by atoms with Crippen LogP contribution in [-0.2, 0) is 0 Å². The molecule has 1 atom stereocenters. The van der Waals surface area contributed by atoms with Gasteiger partial charge in [-0.15, -0.1) is 0 Å². The molecule has 0 saturated carbocycles. The lowest BCUT2D eigenvalue weighted by Crippen LogP contribution is -2.06. The van der Waals surface area contributed by atoms with Crippen LogP contribution in [-0.4, -0.2) is 0 Å². The predicted octanol–water partition coefficient (Wildman–Crippen LogP) is 3.00. The SMILES string of the molecule is CC1=CC1CC(C)(C)C. The monoisotopic (exact) mass is 124 g/mol. The molecule has 1 rings (SSSR count). The number of rotatable bonds is 1. The minimum atomic E-state index is 0.513. The maximum atomic E-state index is 2.35. The van der Waals surface area contributed by atoms with Gasteiger partial charge in [-0.05, 0) is 24.7 Å². The van der Waals surface area contributed by atoms with Gasteiger partial charge >= 0.3 is 0 Å². The maximum Gasteiger partial charge on any atom is -0.00181 e. The summed E-state index contributed by atoms with van der Waals surface area (Å²) in [5.41, 5.74) is 2.10. The molecule has 1 unspecified atom stereocenters. The third kappa shape index (κ3) is 2.21. The summed E-state index contributed by atoms with van der Waals surface area (Å²) in [6.45, 7) is 9.11. The fourth-order valence-corrected chi connectivity index (χ4v) is 1.15. The second kappa shape index (κ2) is 1.86. The van der Waals surface area contributed by atoms with Crippen LogP contribution < -0.4 is 0 Å². The van der Waals surface area contributed by atoms with Crippen molar-refractivity contribution in [1.29, 1.82) is 0 Å². The zero-order valence-corrected chi connectivity index (χ0v) is 6.86. The first-order valence-electron chi connectivity index (χ1n) is 3.67. The van der Waals surface area contributed by atoms with Gasteiger partial charge in [-0.1, -0.05) is 32.4 Å². The molecule has 0 aromatic rings. The molecule has 0 radical (unpaired) electrons. The van der Waals surface area contributed by atoms with Crippen LogP contribution >= 0.6 is 0 Å². The Kier molecular flexibility index (Phi) is 1.42. The lowest BCUT2D eigenvalue weighted by molar-refractivity contribution is 0.361. The van der Waals surface area contributed by atoms with E-state index in [0.29, 0.717) is 5.41 Å². The van der Waals surface area contributed by atoms with Crippen molar-refractivity contribution in [3.8, 4) is 0 Å². The van der Waals surface area contributed by atoms with Crippen molar-refractivity contribution in [1.82, 2.24) is 0 Å². The molecule has 0 bridgehead atoms. The highest BCUT2D eigenvalue weighted by Gasteiger charge is 2.25. The zero-order valence-electron chi connectivity index (χ0n) is 6.86. The minimum Gasteiger partial charge on any atom is -0.0778 e. The van der Waals surface area contributed by atoms with Gasteiger partial charge in [0.05, 0.1) is 0 Å². The van der Waals surface area contributed by atoms with Crippen LogP contribution in [0.1, 0.15) is 34.1 Å². The molecular formula is C9H16. The Balaban J connectivity index is 2.22. The Morgan fingerprint density at radius 1 is 1.44 bits per heavy atom. The van der Waals surface area contributed by atoms with Gasteiger partial charge in [-0.2, -0.15) is 0 Å². The molecule has 52 valence electrons. The van der Waals surface area contributed by atoms with Crippen LogP contribution in [0.5, 0.6) is 0 Å². The fourth-order valence-electron chi connectivity index (χ4n) is 1.15. The van der Waals surface area contributed by atoms with E-state index >= 15 is 0 Å². The van der Waals surface area contributed by atoms with Crippen molar-refractivity contribution in [2.24, 2.45) is 11.3 Å². The van der Waals surface area contributed by atoms with Crippen molar-refractivity contribution in [3.05, 3.63) is 11.6 Å². The van der Waals surface area contributed by atoms with E-state index in [1.54, 1.807) is 5.57 Å². The van der Waals surface area contributed by atoms with E-state index in [0.717, 1.165) is 5.92 Å². The van der Waals surface area contributed by atoms with E-state index in [1.807, 2.05) is 0 Å². The van der Waals surface area contributed by atoms with Gasteiger partial charge in [-0.25, -0.2) is 0 Å². The van der Waals surface area contributed by atoms with Gasteiger partial charge in [0, 0.05) is 0 Å². The van der Waals surface area contributed by atoms with Gasteiger partial charge in [0.15, 0.2) is 0 Å². The van der Waals surface area contributed by atoms with E-state index in [-0.39, 0.29) is 0 Å². The molecule has 0 aromatic heterocycles. The highest BCUT2D eigenvalue weighted by atomic mass is 14.3. The quantitative estimate of drug-likeness (QED) is 0.471. The predicted molar refractivity (Wildman–Crippen MR) is 41.3 cm³/mol. The van der Waals surface area contributed by atoms with Gasteiger partial charge in [0.1, 0.15) is 0 Å². The van der Waals surface area contributed by atoms with E-state index in [2.05, 4.69) is 33.8 Å². The Labute approximate surface area is 58.0 Å². The minimum absolute atomic E-state index is 0.513. The molecule has 9 heavy (non-hydrogen) atoms. The molecule has 0 fully saturated rings. The highest BCUT2D eigenvalue weighted by Crippen LogP contribution is 2.38. The summed E-state index contributed by atoms with van der Waals surface area (Å²) in [6, 6.07) is 0. The summed E-state index contributed by atoms with van der Waals surface area (Å²) in [7, 11) is 0. The molecule has 0 aromatic carbocycles. The zero-order chi connectivity index (χ0) is 7.07. The molecule has 0 amide bonds. The third-order valence-corrected chi connectivity index (χ3v) is 1.77. The summed E-state index contributed by atoms with van der Waals surface area (Å²) in [6.07, 6.45) is 3.68. The highest BCUT2D eigenvalue weighted by molar-refractivity contribution is 5.26. The van der Waals surface area contributed by atoms with Crippen LogP contribution in [0.25, 0.3) is 0 Å². The van der Waals surface area contributed by atoms with E-state index in [1.165, 1.54) is 6.42 Å². The van der Waals surface area contributed by atoms with Crippen LogP contribution in [0.2, 0.25) is 0 Å². The van der Waals surface area contributed by atoms with Gasteiger partial charge in [-0.3, -0.25) is 0 Å². The second-order valence-electron chi connectivity index (χ2n) is 4.28. The molecule has 1 aliphatic carbocycles. The van der Waals surface area contributed by atoms with Crippen molar-refractivity contribution >= 4 is 0 Å². The molecule has 0 nitrogen and oxygen atoms in total. The van der Waals surface area contributed by atoms with Crippen LogP contribution in [0.4, 0.5) is 0 Å². The molecule has 0 heterocycles. The van der Waals surface area contributed by atoms with E-state index in [4.69, 9.17) is 0 Å². The van der Waals surface area contributed by atoms with Crippen LogP contribution in [0, 0.1) is 11.3 Å². The molecule has 1 aliphatic rings. The lowest BCUT2D eigenvalue weighted by Gasteiger charge is -2.17. The first kappa shape index (κ1) is 6.85. The average Bonchev–Trinajstić information content (AvgIpc) is 2.13. The smallest absolute Gasteiger partial charge is 0.00181 e. The van der Waals surface area contributed by atoms with Gasteiger partial charge < -0.3 is 0 Å². The second-order valence-corrected chi connectivity index (χ2v) is 4.28. The van der Waals surface area contributed by atoms with E-state index < -0.39 is 0 Å². The Hall–Kier alpha value is -0.260. The average molecular weight is 124 g/mol. The Morgan fingerprint density at radius 2 is 1.89 bits per heavy atom. The first-order chi connectivity index (χ1) is 3.99. The largest absolute Gasteiger partial charge is 0.0778 e. The van der Waals surface area contributed by atoms with Crippen LogP contribution in [0.15, 0.2) is 11.6 Å². The number of hydrogen-bond donors (Lipinski definition) is 0. The number of allylic oxidation sites excluding steroid dienone is 2. The van der Waals surface area contributed by atoms with Crippen molar-refractivity contribution < 1.29 is 0 Å². The molecule has 0 spiro atoms. The fraction of sp³-hybridized carbons (Fsp3) is 0.778. The molecular weight excluding hydrogens is 108 g/mol. The Morgan fingerprint density at radius 3 is 2.00 bits per heavy atom. The summed E-state index contributed by atoms with van der Waals surface area (Å²) >= 11 is 0. The summed E-state index contributed by atoms with van der Waals surface area (Å²) in [5.74, 6) is 0.852. The standard InChI is InChI=1S/C9H16/c1-7-5-8(7)6-9(2,3)4/h5,8H,6H2,1-4H3. The van der Waals surface area contributed by atoms with Crippen LogP contribution in [0.3, 0.4) is 0 Å². The molecule has 0 aliphatic heterocycles.